The summed E-state index contributed by atoms with van der Waals surface area (Å²) < 4.78 is 19.4. The number of nitrogens with one attached hydrogen (secondary N) is 1. The molecule has 1 amide bonds. The Labute approximate surface area is 166 Å². The first-order valence-electron chi connectivity index (χ1n) is 8.97. The number of nitrogens with zero attached hydrogens (tertiary/aromatic N) is 3. The van der Waals surface area contributed by atoms with Gasteiger partial charge in [0.25, 0.3) is 5.91 Å². The summed E-state index contributed by atoms with van der Waals surface area (Å²) in [6.07, 6.45) is 2.18. The average molecular weight is 401 g/mol. The van der Waals surface area contributed by atoms with Gasteiger partial charge in [-0.1, -0.05) is 11.6 Å². The van der Waals surface area contributed by atoms with Gasteiger partial charge in [-0.15, -0.1) is 0 Å². The predicted molar refractivity (Wildman–Crippen MR) is 106 cm³/mol. The summed E-state index contributed by atoms with van der Waals surface area (Å²) in [6, 6.07) is 9.83. The number of hydrogen-bond donors (Lipinski definition) is 1. The zero-order valence-electron chi connectivity index (χ0n) is 15.0. The first kappa shape index (κ1) is 18.6. The molecule has 2 heterocycles. The molecule has 0 spiro atoms. The first-order chi connectivity index (χ1) is 13.6. The number of halogens is 2. The summed E-state index contributed by atoms with van der Waals surface area (Å²) in [5.74, 6) is -0.0449. The van der Waals surface area contributed by atoms with E-state index in [9.17, 15) is 9.18 Å². The molecule has 1 N–H and O–H groups in total. The van der Waals surface area contributed by atoms with Crippen LogP contribution in [0.15, 0.2) is 42.7 Å². The van der Waals surface area contributed by atoms with Gasteiger partial charge in [0.1, 0.15) is 18.0 Å². The molecule has 0 saturated carbocycles. The highest BCUT2D eigenvalue weighted by Crippen LogP contribution is 2.32. The average Bonchev–Trinajstić information content (AvgIpc) is 2.72. The number of benzene rings is 2. The largest absolute Gasteiger partial charge is 0.380 e. The van der Waals surface area contributed by atoms with Gasteiger partial charge in [-0.3, -0.25) is 4.79 Å². The Morgan fingerprint density at radius 2 is 2.04 bits per heavy atom. The number of rotatable bonds is 1. The van der Waals surface area contributed by atoms with E-state index in [1.165, 1.54) is 12.4 Å². The fraction of sp³-hybridized carbons (Fsp3) is 0.250. The molecular weight excluding hydrogens is 383 g/mol. The SMILES string of the molecule is O=C1NCCCOCCN(c2ccc(F)c(Cl)c2)c2ncnc3ccc1cc23. The molecule has 1 aliphatic heterocycles. The van der Waals surface area contributed by atoms with Crippen LogP contribution in [0.2, 0.25) is 5.02 Å². The number of fused-ring (bicyclic) bond motifs is 1. The predicted octanol–water partition coefficient (Wildman–Crippen LogP) is 3.71. The van der Waals surface area contributed by atoms with Gasteiger partial charge in [0.15, 0.2) is 0 Å². The number of carbonyl (C=O) groups is 1. The van der Waals surface area contributed by atoms with Crippen LogP contribution in [-0.4, -0.2) is 42.2 Å². The van der Waals surface area contributed by atoms with Crippen LogP contribution in [0.3, 0.4) is 0 Å². The second-order valence-corrected chi connectivity index (χ2v) is 6.81. The van der Waals surface area contributed by atoms with Gasteiger partial charge in [-0.2, -0.15) is 0 Å². The lowest BCUT2D eigenvalue weighted by molar-refractivity contribution is 0.0943. The Morgan fingerprint density at radius 3 is 2.89 bits per heavy atom. The molecule has 0 aliphatic carbocycles. The van der Waals surface area contributed by atoms with E-state index in [0.717, 1.165) is 5.39 Å². The Bertz CT molecular complexity index is 1030. The van der Waals surface area contributed by atoms with Crippen LogP contribution in [0.1, 0.15) is 16.8 Å². The fourth-order valence-corrected chi connectivity index (χ4v) is 3.32. The van der Waals surface area contributed by atoms with Gasteiger partial charge < -0.3 is 15.0 Å². The molecule has 0 atom stereocenters. The minimum Gasteiger partial charge on any atom is -0.380 e. The quantitative estimate of drug-likeness (QED) is 0.674. The zero-order valence-corrected chi connectivity index (χ0v) is 15.7. The van der Waals surface area contributed by atoms with Gasteiger partial charge in [-0.05, 0) is 42.8 Å². The number of amides is 1. The highest BCUT2D eigenvalue weighted by molar-refractivity contribution is 6.31. The van der Waals surface area contributed by atoms with E-state index in [0.29, 0.717) is 55.3 Å². The molecule has 0 radical (unpaired) electrons. The van der Waals surface area contributed by atoms with E-state index in [1.54, 1.807) is 30.3 Å². The maximum Gasteiger partial charge on any atom is 0.251 e. The summed E-state index contributed by atoms with van der Waals surface area (Å²) in [5, 5.41) is 3.63. The third kappa shape index (κ3) is 3.76. The van der Waals surface area contributed by atoms with Crippen LogP contribution in [0, 0.1) is 5.82 Å². The molecule has 8 heteroatoms. The van der Waals surface area contributed by atoms with Gasteiger partial charge in [0.05, 0.1) is 17.1 Å². The van der Waals surface area contributed by atoms with Crippen molar-refractivity contribution in [1.82, 2.24) is 15.3 Å². The van der Waals surface area contributed by atoms with E-state index in [-0.39, 0.29) is 10.9 Å². The Balaban J connectivity index is 1.87. The normalized spacial score (nSPS) is 15.6. The number of ether oxygens (including phenoxy) is 1. The summed E-state index contributed by atoms with van der Waals surface area (Å²) >= 11 is 6.00. The maximum atomic E-state index is 13.7. The smallest absolute Gasteiger partial charge is 0.251 e. The molecule has 6 nitrogen and oxygen atoms in total. The molecule has 0 unspecified atom stereocenters. The monoisotopic (exact) mass is 400 g/mol. The van der Waals surface area contributed by atoms with E-state index in [2.05, 4.69) is 15.3 Å². The topological polar surface area (TPSA) is 67.3 Å². The van der Waals surface area contributed by atoms with Gasteiger partial charge in [0, 0.05) is 36.3 Å². The van der Waals surface area contributed by atoms with Crippen LogP contribution in [0.4, 0.5) is 15.9 Å². The molecule has 2 aromatic carbocycles. The van der Waals surface area contributed by atoms with E-state index in [1.807, 2.05) is 4.90 Å². The maximum absolute atomic E-state index is 13.7. The highest BCUT2D eigenvalue weighted by atomic mass is 35.5. The molecule has 0 fully saturated rings. The van der Waals surface area contributed by atoms with E-state index >= 15 is 0 Å². The lowest BCUT2D eigenvalue weighted by Gasteiger charge is -2.25. The van der Waals surface area contributed by atoms with Crippen LogP contribution in [-0.2, 0) is 4.74 Å². The Hall–Kier alpha value is -2.77. The van der Waals surface area contributed by atoms with Crippen molar-refractivity contribution in [2.75, 3.05) is 31.2 Å². The van der Waals surface area contributed by atoms with Crippen molar-refractivity contribution in [1.29, 1.82) is 0 Å². The van der Waals surface area contributed by atoms with Gasteiger partial charge in [-0.25, -0.2) is 14.4 Å². The zero-order chi connectivity index (χ0) is 19.5. The summed E-state index contributed by atoms with van der Waals surface area (Å²) in [7, 11) is 0. The minimum atomic E-state index is -0.487. The lowest BCUT2D eigenvalue weighted by Crippen LogP contribution is -2.25. The fourth-order valence-electron chi connectivity index (χ4n) is 3.15. The van der Waals surface area contributed by atoms with Crippen molar-refractivity contribution < 1.29 is 13.9 Å². The van der Waals surface area contributed by atoms with Crippen molar-refractivity contribution in [3.05, 3.63) is 59.1 Å². The van der Waals surface area contributed by atoms with Crippen LogP contribution >= 0.6 is 11.6 Å². The van der Waals surface area contributed by atoms with Crippen LogP contribution in [0.5, 0.6) is 0 Å². The molecule has 0 saturated heterocycles. The van der Waals surface area contributed by atoms with Gasteiger partial charge in [0.2, 0.25) is 0 Å². The molecular formula is C20H18ClFN4O2. The first-order valence-corrected chi connectivity index (χ1v) is 9.34. The van der Waals surface area contributed by atoms with Crippen molar-refractivity contribution >= 4 is 39.9 Å². The van der Waals surface area contributed by atoms with Gasteiger partial charge >= 0.3 is 0 Å². The van der Waals surface area contributed by atoms with Crippen LogP contribution < -0.4 is 10.2 Å². The van der Waals surface area contributed by atoms with Crippen molar-refractivity contribution in [3.63, 3.8) is 0 Å². The standard InChI is InChI=1S/C20H18ClFN4O2/c21-16-11-14(3-4-17(16)22)26-7-9-28-8-1-6-23-20(27)13-2-5-18-15(10-13)19(26)25-12-24-18/h2-5,10-12H,1,6-9H2,(H,23,27). The second kappa shape index (κ2) is 8.08. The molecule has 4 rings (SSSR count). The molecule has 144 valence electrons. The summed E-state index contributed by atoms with van der Waals surface area (Å²) in [4.78, 5) is 23.1. The van der Waals surface area contributed by atoms with Crippen molar-refractivity contribution in [3.8, 4) is 0 Å². The number of hydrogen-bond acceptors (Lipinski definition) is 5. The van der Waals surface area contributed by atoms with E-state index in [4.69, 9.17) is 16.3 Å². The number of anilines is 2. The highest BCUT2D eigenvalue weighted by Gasteiger charge is 2.18. The Kier molecular flexibility index (Phi) is 5.36. The van der Waals surface area contributed by atoms with Crippen LogP contribution in [0.25, 0.3) is 10.9 Å². The summed E-state index contributed by atoms with van der Waals surface area (Å²) in [5.41, 5.74) is 1.91. The van der Waals surface area contributed by atoms with Crippen molar-refractivity contribution in [2.45, 2.75) is 6.42 Å². The van der Waals surface area contributed by atoms with E-state index < -0.39 is 5.82 Å². The summed E-state index contributed by atoms with van der Waals surface area (Å²) in [6.45, 7) is 1.98. The third-order valence-corrected chi connectivity index (χ3v) is 4.85. The lowest BCUT2D eigenvalue weighted by atomic mass is 10.1. The number of carbonyl (C=O) groups excluding carboxylic acids is 1. The minimum absolute atomic E-state index is 0.0276. The molecule has 28 heavy (non-hydrogen) atoms. The van der Waals surface area contributed by atoms with Crippen molar-refractivity contribution in [2.24, 2.45) is 0 Å². The number of aromatic nitrogens is 2. The molecule has 1 aliphatic rings. The third-order valence-electron chi connectivity index (χ3n) is 4.56. The Morgan fingerprint density at radius 1 is 1.14 bits per heavy atom. The second-order valence-electron chi connectivity index (χ2n) is 6.40. The molecule has 3 aromatic rings. The molecule has 1 aromatic heterocycles. The molecule has 2 bridgehead atoms.